The average molecular weight is 283 g/mol. The van der Waals surface area contributed by atoms with E-state index in [0.29, 0.717) is 18.8 Å². The molecular weight excluding hydrogens is 266 g/mol. The number of carboxylic acid groups (broad SMARTS) is 1. The number of aliphatic carboxylic acids is 1. The molecule has 2 aromatic rings. The zero-order valence-corrected chi connectivity index (χ0v) is 11.8. The van der Waals surface area contributed by atoms with Crippen LogP contribution in [0, 0.1) is 6.92 Å². The summed E-state index contributed by atoms with van der Waals surface area (Å²) in [4.78, 5) is 14.9. The number of ether oxygens (including phenoxy) is 1. The van der Waals surface area contributed by atoms with E-state index in [2.05, 4.69) is 4.98 Å². The van der Waals surface area contributed by atoms with Crippen LogP contribution in [-0.4, -0.2) is 22.7 Å². The fourth-order valence-electron chi connectivity index (χ4n) is 1.90. The van der Waals surface area contributed by atoms with E-state index in [4.69, 9.17) is 9.84 Å². The first-order valence-electron chi connectivity index (χ1n) is 6.69. The number of carbonyl (C=O) groups is 1. The van der Waals surface area contributed by atoms with Gasteiger partial charge in [0.15, 0.2) is 0 Å². The number of pyridine rings is 1. The number of aromatic nitrogens is 1. The maximum Gasteiger partial charge on any atom is 0.328 e. The Labute approximate surface area is 123 Å². The number of aryl methyl sites for hydroxylation is 1. The highest BCUT2D eigenvalue weighted by Crippen LogP contribution is 2.21. The fraction of sp³-hybridized carbons (Fsp3) is 0.176. The Morgan fingerprint density at radius 2 is 2.19 bits per heavy atom. The summed E-state index contributed by atoms with van der Waals surface area (Å²) in [7, 11) is 0. The third-order valence-corrected chi connectivity index (χ3v) is 2.91. The molecule has 0 amide bonds. The molecule has 0 spiro atoms. The lowest BCUT2D eigenvalue weighted by Gasteiger charge is -2.10. The number of benzene rings is 1. The van der Waals surface area contributed by atoms with Gasteiger partial charge in [-0.1, -0.05) is 17.7 Å². The SMILES string of the molecule is Cc1ccc(OCCc2ccccn2)c(C=CC(=O)O)c1. The monoisotopic (exact) mass is 283 g/mol. The average Bonchev–Trinajstić information content (AvgIpc) is 2.48. The highest BCUT2D eigenvalue weighted by molar-refractivity contribution is 5.85. The Hall–Kier alpha value is -2.62. The molecule has 0 aliphatic carbocycles. The molecule has 0 atom stereocenters. The minimum absolute atomic E-state index is 0.494. The Balaban J connectivity index is 2.03. The van der Waals surface area contributed by atoms with Crippen LogP contribution >= 0.6 is 0 Å². The molecule has 0 aliphatic heterocycles. The van der Waals surface area contributed by atoms with Crippen molar-refractivity contribution < 1.29 is 14.6 Å². The maximum absolute atomic E-state index is 10.6. The lowest BCUT2D eigenvalue weighted by Crippen LogP contribution is -2.03. The minimum Gasteiger partial charge on any atom is -0.493 e. The van der Waals surface area contributed by atoms with Gasteiger partial charge in [-0.15, -0.1) is 0 Å². The summed E-state index contributed by atoms with van der Waals surface area (Å²) in [5.74, 6) is -0.301. The summed E-state index contributed by atoms with van der Waals surface area (Å²) in [5.41, 5.74) is 2.78. The van der Waals surface area contributed by atoms with Gasteiger partial charge >= 0.3 is 5.97 Å². The van der Waals surface area contributed by atoms with Crippen molar-refractivity contribution in [3.05, 3.63) is 65.5 Å². The highest BCUT2D eigenvalue weighted by Gasteiger charge is 2.03. The maximum atomic E-state index is 10.6. The number of rotatable bonds is 6. The lowest BCUT2D eigenvalue weighted by atomic mass is 10.1. The highest BCUT2D eigenvalue weighted by atomic mass is 16.5. The van der Waals surface area contributed by atoms with E-state index in [1.165, 1.54) is 0 Å². The second kappa shape index (κ2) is 7.24. The first-order valence-corrected chi connectivity index (χ1v) is 6.69. The smallest absolute Gasteiger partial charge is 0.328 e. The Morgan fingerprint density at radius 1 is 1.33 bits per heavy atom. The van der Waals surface area contributed by atoms with E-state index in [0.717, 1.165) is 22.9 Å². The van der Waals surface area contributed by atoms with E-state index >= 15 is 0 Å². The van der Waals surface area contributed by atoms with Crippen LogP contribution in [0.25, 0.3) is 6.08 Å². The third-order valence-electron chi connectivity index (χ3n) is 2.91. The number of hydrogen-bond donors (Lipinski definition) is 1. The van der Waals surface area contributed by atoms with Crippen LogP contribution in [0.3, 0.4) is 0 Å². The Kier molecular flexibility index (Phi) is 5.10. The van der Waals surface area contributed by atoms with Gasteiger partial charge in [0.2, 0.25) is 0 Å². The molecule has 1 aromatic carbocycles. The third kappa shape index (κ3) is 4.76. The van der Waals surface area contributed by atoms with Crippen LogP contribution in [0.5, 0.6) is 5.75 Å². The van der Waals surface area contributed by atoms with Gasteiger partial charge in [-0.2, -0.15) is 0 Å². The second-order valence-electron chi connectivity index (χ2n) is 4.63. The first kappa shape index (κ1) is 14.8. The lowest BCUT2D eigenvalue weighted by molar-refractivity contribution is -0.131. The van der Waals surface area contributed by atoms with Crippen LogP contribution in [0.4, 0.5) is 0 Å². The molecule has 0 saturated heterocycles. The van der Waals surface area contributed by atoms with Crippen molar-refractivity contribution in [2.45, 2.75) is 13.3 Å². The predicted molar refractivity (Wildman–Crippen MR) is 81.3 cm³/mol. The van der Waals surface area contributed by atoms with Crippen LogP contribution in [0.2, 0.25) is 0 Å². The van der Waals surface area contributed by atoms with Gasteiger partial charge in [0.05, 0.1) is 6.61 Å². The summed E-state index contributed by atoms with van der Waals surface area (Å²) in [5, 5.41) is 8.72. The fourth-order valence-corrected chi connectivity index (χ4v) is 1.90. The standard InChI is InChI=1S/C17H17NO3/c1-13-5-7-16(14(12-13)6-8-17(19)20)21-11-9-15-4-2-3-10-18-15/h2-8,10,12H,9,11H2,1H3,(H,19,20). The number of hydrogen-bond acceptors (Lipinski definition) is 3. The molecule has 0 fully saturated rings. The topological polar surface area (TPSA) is 59.4 Å². The van der Waals surface area contributed by atoms with Crippen molar-refractivity contribution in [1.29, 1.82) is 0 Å². The van der Waals surface area contributed by atoms with Crippen LogP contribution in [-0.2, 0) is 11.2 Å². The molecule has 1 heterocycles. The summed E-state index contributed by atoms with van der Waals surface area (Å²) in [6.45, 7) is 2.45. The summed E-state index contributed by atoms with van der Waals surface area (Å²) in [6, 6.07) is 11.5. The largest absolute Gasteiger partial charge is 0.493 e. The molecular formula is C17H17NO3. The first-order chi connectivity index (χ1) is 10.1. The Bertz CT molecular complexity index is 636. The van der Waals surface area contributed by atoms with Crippen molar-refractivity contribution in [3.63, 3.8) is 0 Å². The molecule has 108 valence electrons. The van der Waals surface area contributed by atoms with Crippen LogP contribution in [0.15, 0.2) is 48.7 Å². The molecule has 0 radical (unpaired) electrons. The van der Waals surface area contributed by atoms with Crippen molar-refractivity contribution in [3.8, 4) is 5.75 Å². The van der Waals surface area contributed by atoms with Gasteiger partial charge in [0.1, 0.15) is 5.75 Å². The molecule has 0 unspecified atom stereocenters. The van der Waals surface area contributed by atoms with Gasteiger partial charge in [0, 0.05) is 30.0 Å². The van der Waals surface area contributed by atoms with E-state index in [1.807, 2.05) is 43.3 Å². The van der Waals surface area contributed by atoms with Crippen molar-refractivity contribution in [1.82, 2.24) is 4.98 Å². The van der Waals surface area contributed by atoms with Gasteiger partial charge < -0.3 is 9.84 Å². The molecule has 2 rings (SSSR count). The van der Waals surface area contributed by atoms with E-state index in [1.54, 1.807) is 12.3 Å². The molecule has 4 nitrogen and oxygen atoms in total. The predicted octanol–water partition coefficient (Wildman–Crippen LogP) is 3.11. The molecule has 0 aliphatic rings. The molecule has 1 N–H and O–H groups in total. The van der Waals surface area contributed by atoms with Crippen molar-refractivity contribution >= 4 is 12.0 Å². The zero-order valence-electron chi connectivity index (χ0n) is 11.8. The second-order valence-corrected chi connectivity index (χ2v) is 4.63. The van der Waals surface area contributed by atoms with E-state index < -0.39 is 5.97 Å². The van der Waals surface area contributed by atoms with Gasteiger partial charge in [0.25, 0.3) is 0 Å². The van der Waals surface area contributed by atoms with Crippen molar-refractivity contribution in [2.24, 2.45) is 0 Å². The molecule has 1 aromatic heterocycles. The van der Waals surface area contributed by atoms with Crippen LogP contribution in [0.1, 0.15) is 16.8 Å². The summed E-state index contributed by atoms with van der Waals surface area (Å²) >= 11 is 0. The van der Waals surface area contributed by atoms with Gasteiger partial charge in [-0.3, -0.25) is 4.98 Å². The Morgan fingerprint density at radius 3 is 2.90 bits per heavy atom. The number of carboxylic acids is 1. The van der Waals surface area contributed by atoms with E-state index in [-0.39, 0.29) is 0 Å². The molecule has 0 bridgehead atoms. The molecule has 21 heavy (non-hydrogen) atoms. The number of nitrogens with zero attached hydrogens (tertiary/aromatic N) is 1. The molecule has 4 heteroatoms. The normalized spacial score (nSPS) is 10.7. The summed E-state index contributed by atoms with van der Waals surface area (Å²) < 4.78 is 5.74. The van der Waals surface area contributed by atoms with Crippen molar-refractivity contribution in [2.75, 3.05) is 6.61 Å². The molecule has 0 saturated carbocycles. The van der Waals surface area contributed by atoms with Gasteiger partial charge in [-0.05, 0) is 37.3 Å². The quantitative estimate of drug-likeness (QED) is 0.827. The van der Waals surface area contributed by atoms with Gasteiger partial charge in [-0.25, -0.2) is 4.79 Å². The minimum atomic E-state index is -0.976. The summed E-state index contributed by atoms with van der Waals surface area (Å²) in [6.07, 6.45) is 5.12. The van der Waals surface area contributed by atoms with E-state index in [9.17, 15) is 4.79 Å². The zero-order chi connectivity index (χ0) is 15.1. The van der Waals surface area contributed by atoms with Crippen LogP contribution < -0.4 is 4.74 Å².